The van der Waals surface area contributed by atoms with E-state index in [1.54, 1.807) is 13.2 Å². The average molecular weight is 350 g/mol. The first-order valence-electron chi connectivity index (χ1n) is 8.53. The highest BCUT2D eigenvalue weighted by Gasteiger charge is 2.12. The molecule has 2 aromatic carbocycles. The second-order valence-electron chi connectivity index (χ2n) is 6.42. The minimum Gasteiger partial charge on any atom is -0.497 e. The topological polar surface area (TPSA) is 71.2 Å². The normalized spacial score (nSPS) is 10.7. The summed E-state index contributed by atoms with van der Waals surface area (Å²) in [7, 11) is 1.62. The van der Waals surface area contributed by atoms with Crippen LogP contribution < -0.4 is 15.6 Å². The number of aryl methyl sites for hydroxylation is 2. The lowest BCUT2D eigenvalue weighted by Gasteiger charge is -2.09. The first-order valence-corrected chi connectivity index (χ1v) is 8.53. The molecule has 0 saturated carbocycles. The molecule has 5 heteroatoms. The van der Waals surface area contributed by atoms with Gasteiger partial charge in [-0.15, -0.1) is 0 Å². The van der Waals surface area contributed by atoms with E-state index in [4.69, 9.17) is 4.74 Å². The first kappa shape index (κ1) is 17.7. The maximum absolute atomic E-state index is 12.4. The van der Waals surface area contributed by atoms with Gasteiger partial charge in [0.05, 0.1) is 12.6 Å². The molecule has 134 valence electrons. The summed E-state index contributed by atoms with van der Waals surface area (Å²) in [6.07, 6.45) is 0.659. The van der Waals surface area contributed by atoms with Crippen molar-refractivity contribution in [2.75, 3.05) is 13.7 Å². The Hall–Kier alpha value is -3.08. The van der Waals surface area contributed by atoms with E-state index in [0.717, 1.165) is 33.3 Å². The van der Waals surface area contributed by atoms with Gasteiger partial charge in [0.15, 0.2) is 0 Å². The number of carbonyl (C=O) groups excluding carboxylic acids is 1. The monoisotopic (exact) mass is 350 g/mol. The van der Waals surface area contributed by atoms with Crippen molar-refractivity contribution >= 4 is 16.8 Å². The lowest BCUT2D eigenvalue weighted by molar-refractivity contribution is 0.0953. The molecule has 1 amide bonds. The zero-order valence-electron chi connectivity index (χ0n) is 15.2. The number of H-pyrrole nitrogens is 1. The highest BCUT2D eigenvalue weighted by molar-refractivity contribution is 5.97. The van der Waals surface area contributed by atoms with Crippen LogP contribution in [0.3, 0.4) is 0 Å². The Labute approximate surface area is 152 Å². The molecule has 0 radical (unpaired) electrons. The van der Waals surface area contributed by atoms with E-state index < -0.39 is 0 Å². The van der Waals surface area contributed by atoms with Crippen LogP contribution >= 0.6 is 0 Å². The van der Waals surface area contributed by atoms with Crippen LogP contribution in [0, 0.1) is 13.8 Å². The van der Waals surface area contributed by atoms with Crippen LogP contribution in [-0.4, -0.2) is 24.5 Å². The molecule has 0 saturated heterocycles. The molecule has 5 nitrogen and oxygen atoms in total. The number of nitrogens with one attached hydrogen (secondary N) is 2. The third kappa shape index (κ3) is 3.77. The molecule has 0 aliphatic carbocycles. The van der Waals surface area contributed by atoms with Crippen LogP contribution in [0.15, 0.2) is 47.3 Å². The fraction of sp³-hybridized carbons (Fsp3) is 0.238. The number of methoxy groups -OCH3 is 1. The average Bonchev–Trinajstić information content (AvgIpc) is 2.62. The highest BCUT2D eigenvalue weighted by atomic mass is 16.5. The number of pyridine rings is 1. The number of hydrogen-bond acceptors (Lipinski definition) is 3. The molecule has 3 aromatic rings. The van der Waals surface area contributed by atoms with Gasteiger partial charge in [-0.1, -0.05) is 23.8 Å². The molecule has 0 atom stereocenters. The summed E-state index contributed by atoms with van der Waals surface area (Å²) in [5.74, 6) is 0.417. The minimum absolute atomic E-state index is 0.133. The number of amides is 1. The van der Waals surface area contributed by atoms with Gasteiger partial charge < -0.3 is 15.0 Å². The molecule has 0 bridgehead atoms. The summed E-state index contributed by atoms with van der Waals surface area (Å²) in [5, 5.41) is 3.68. The maximum atomic E-state index is 12.4. The Morgan fingerprint density at radius 1 is 1.15 bits per heavy atom. The fourth-order valence-corrected chi connectivity index (χ4v) is 3.10. The van der Waals surface area contributed by atoms with Crippen LogP contribution in [0.2, 0.25) is 0 Å². The zero-order chi connectivity index (χ0) is 18.7. The molecular weight excluding hydrogens is 328 g/mol. The van der Waals surface area contributed by atoms with E-state index in [0.29, 0.717) is 13.0 Å². The predicted octanol–water partition coefficient (Wildman–Crippen LogP) is 3.13. The van der Waals surface area contributed by atoms with E-state index in [2.05, 4.69) is 10.3 Å². The molecule has 0 fully saturated rings. The van der Waals surface area contributed by atoms with Crippen molar-refractivity contribution in [2.45, 2.75) is 20.3 Å². The van der Waals surface area contributed by atoms with Gasteiger partial charge in [0.1, 0.15) is 11.3 Å². The lowest BCUT2D eigenvalue weighted by Crippen LogP contribution is -2.31. The summed E-state index contributed by atoms with van der Waals surface area (Å²) in [6.45, 7) is 4.38. The van der Waals surface area contributed by atoms with E-state index in [1.807, 2.05) is 50.2 Å². The predicted molar refractivity (Wildman–Crippen MR) is 103 cm³/mol. The molecule has 0 aliphatic rings. The minimum atomic E-state index is -0.372. The number of aromatic nitrogens is 1. The van der Waals surface area contributed by atoms with Gasteiger partial charge in [-0.3, -0.25) is 9.59 Å². The van der Waals surface area contributed by atoms with Crippen molar-refractivity contribution in [3.05, 3.63) is 75.1 Å². The van der Waals surface area contributed by atoms with Gasteiger partial charge in [0, 0.05) is 6.54 Å². The molecule has 26 heavy (non-hydrogen) atoms. The summed E-state index contributed by atoms with van der Waals surface area (Å²) in [4.78, 5) is 27.6. The Bertz CT molecular complexity index is 1020. The van der Waals surface area contributed by atoms with Crippen LogP contribution in [-0.2, 0) is 6.42 Å². The number of carbonyl (C=O) groups is 1. The maximum Gasteiger partial charge on any atom is 0.261 e. The summed E-state index contributed by atoms with van der Waals surface area (Å²) in [6, 6.07) is 13.3. The van der Waals surface area contributed by atoms with Crippen LogP contribution in [0.5, 0.6) is 5.75 Å². The van der Waals surface area contributed by atoms with Crippen molar-refractivity contribution in [3.8, 4) is 5.75 Å². The van der Waals surface area contributed by atoms with Crippen molar-refractivity contribution in [1.82, 2.24) is 10.3 Å². The fourth-order valence-electron chi connectivity index (χ4n) is 3.10. The first-order chi connectivity index (χ1) is 12.5. The molecule has 0 spiro atoms. The number of rotatable bonds is 5. The second-order valence-corrected chi connectivity index (χ2v) is 6.42. The van der Waals surface area contributed by atoms with Crippen LogP contribution in [0.4, 0.5) is 0 Å². The molecule has 1 heterocycles. The second kappa shape index (κ2) is 7.44. The van der Waals surface area contributed by atoms with Crippen molar-refractivity contribution in [1.29, 1.82) is 0 Å². The zero-order valence-corrected chi connectivity index (χ0v) is 15.2. The third-order valence-corrected chi connectivity index (χ3v) is 4.37. The highest BCUT2D eigenvalue weighted by Crippen LogP contribution is 2.18. The van der Waals surface area contributed by atoms with Crippen LogP contribution in [0.1, 0.15) is 27.0 Å². The number of ether oxygens (including phenoxy) is 1. The summed E-state index contributed by atoms with van der Waals surface area (Å²) < 4.78 is 5.19. The molecule has 2 N–H and O–H groups in total. The third-order valence-electron chi connectivity index (χ3n) is 4.37. The van der Waals surface area contributed by atoms with Crippen LogP contribution in [0.25, 0.3) is 10.9 Å². The van der Waals surface area contributed by atoms with E-state index in [-0.39, 0.29) is 17.0 Å². The van der Waals surface area contributed by atoms with Gasteiger partial charge in [0.25, 0.3) is 11.5 Å². The lowest BCUT2D eigenvalue weighted by atomic mass is 10.1. The van der Waals surface area contributed by atoms with E-state index in [1.165, 1.54) is 0 Å². The largest absolute Gasteiger partial charge is 0.497 e. The number of aromatic amines is 1. The van der Waals surface area contributed by atoms with E-state index >= 15 is 0 Å². The van der Waals surface area contributed by atoms with Gasteiger partial charge in [-0.2, -0.15) is 0 Å². The van der Waals surface area contributed by atoms with Gasteiger partial charge in [-0.05, 0) is 61.0 Å². The van der Waals surface area contributed by atoms with Gasteiger partial charge >= 0.3 is 0 Å². The van der Waals surface area contributed by atoms with Crippen molar-refractivity contribution in [2.24, 2.45) is 0 Å². The molecular formula is C21H22N2O3. The standard InChI is InChI=1S/C21H22N2O3/c1-13-9-14(2)19-16(10-13)12-18(21(25)23-19)20(24)22-8-7-15-5-4-6-17(11-15)26-3/h4-6,9-12H,7-8H2,1-3H3,(H,22,24)(H,23,25). The smallest absolute Gasteiger partial charge is 0.261 e. The Morgan fingerprint density at radius 2 is 1.96 bits per heavy atom. The van der Waals surface area contributed by atoms with Crippen molar-refractivity contribution < 1.29 is 9.53 Å². The quantitative estimate of drug-likeness (QED) is 0.743. The SMILES string of the molecule is COc1cccc(CCNC(=O)c2cc3cc(C)cc(C)c3[nH]c2=O)c1. The number of hydrogen-bond donors (Lipinski definition) is 2. The van der Waals surface area contributed by atoms with Gasteiger partial charge in [0.2, 0.25) is 0 Å². The molecule has 0 unspecified atom stereocenters. The Kier molecular flexibility index (Phi) is 5.07. The summed E-state index contributed by atoms with van der Waals surface area (Å²) >= 11 is 0. The number of fused-ring (bicyclic) bond motifs is 1. The Balaban J connectivity index is 1.75. The summed E-state index contributed by atoms with van der Waals surface area (Å²) in [5.41, 5.74) is 3.67. The molecule has 0 aliphatic heterocycles. The molecule has 1 aromatic heterocycles. The van der Waals surface area contributed by atoms with Gasteiger partial charge in [-0.25, -0.2) is 0 Å². The van der Waals surface area contributed by atoms with Crippen molar-refractivity contribution in [3.63, 3.8) is 0 Å². The number of benzene rings is 2. The molecule has 3 rings (SSSR count). The van der Waals surface area contributed by atoms with E-state index in [9.17, 15) is 9.59 Å². The Morgan fingerprint density at radius 3 is 2.73 bits per heavy atom.